The van der Waals surface area contributed by atoms with Crippen molar-refractivity contribution in [1.82, 2.24) is 0 Å². The average molecular weight is 346 g/mol. The molecular formula is C20H26O5. The molecule has 5 rings (SSSR count). The van der Waals surface area contributed by atoms with Crippen LogP contribution in [0.3, 0.4) is 0 Å². The van der Waals surface area contributed by atoms with Crippen molar-refractivity contribution in [3.63, 3.8) is 0 Å². The smallest absolute Gasteiger partial charge is 0.312 e. The van der Waals surface area contributed by atoms with Crippen molar-refractivity contribution in [3.05, 3.63) is 12.2 Å². The van der Waals surface area contributed by atoms with E-state index in [2.05, 4.69) is 6.58 Å². The summed E-state index contributed by atoms with van der Waals surface area (Å²) in [6, 6.07) is 0. The molecule has 5 aliphatic rings. The van der Waals surface area contributed by atoms with Gasteiger partial charge >= 0.3 is 5.97 Å². The highest BCUT2D eigenvalue weighted by Gasteiger charge is 2.82. The van der Waals surface area contributed by atoms with Gasteiger partial charge in [0.15, 0.2) is 5.78 Å². The summed E-state index contributed by atoms with van der Waals surface area (Å²) in [5.41, 5.74) is -3.37. The fraction of sp³-hybridized carbons (Fsp3) is 0.800. The van der Waals surface area contributed by atoms with Gasteiger partial charge in [0, 0.05) is 11.3 Å². The molecule has 0 aromatic carbocycles. The Morgan fingerprint density at radius 2 is 1.92 bits per heavy atom. The normalized spacial score (nSPS) is 59.4. The molecule has 136 valence electrons. The Labute approximate surface area is 147 Å². The van der Waals surface area contributed by atoms with Crippen molar-refractivity contribution in [2.75, 3.05) is 0 Å². The van der Waals surface area contributed by atoms with Crippen molar-refractivity contribution < 1.29 is 24.5 Å². The number of ketones is 1. The quantitative estimate of drug-likeness (QED) is 0.516. The summed E-state index contributed by atoms with van der Waals surface area (Å²) in [6.07, 6.45) is 2.02. The molecule has 4 aliphatic carbocycles. The minimum Gasteiger partial charge on any atom is -0.459 e. The standard InChI is InChI=1S/C20H26O5/c1-10-11-5-8-20(24)18(3)7-4-6-17(2)13(18)12(25-16(17)23)15(22)19(20,9-11)14(10)21/h11-13,15,22,24H,1,4-9H2,2-3H3/t11?,12?,13?,15-,17?,18+,19?,20?/m0/s1. The minimum atomic E-state index is -1.32. The Morgan fingerprint density at radius 3 is 2.64 bits per heavy atom. The molecular weight excluding hydrogens is 320 g/mol. The zero-order valence-corrected chi connectivity index (χ0v) is 14.9. The lowest BCUT2D eigenvalue weighted by atomic mass is 9.38. The first-order valence-corrected chi connectivity index (χ1v) is 9.49. The molecule has 0 radical (unpaired) electrons. The second kappa shape index (κ2) is 4.20. The lowest BCUT2D eigenvalue weighted by Gasteiger charge is -2.67. The number of carbonyl (C=O) groups excluding carboxylic acids is 2. The highest BCUT2D eigenvalue weighted by atomic mass is 16.6. The maximum Gasteiger partial charge on any atom is 0.312 e. The van der Waals surface area contributed by atoms with Crippen LogP contribution in [0.5, 0.6) is 0 Å². The van der Waals surface area contributed by atoms with Crippen LogP contribution in [0.25, 0.3) is 0 Å². The molecule has 1 spiro atoms. The molecule has 25 heavy (non-hydrogen) atoms. The van der Waals surface area contributed by atoms with Crippen LogP contribution >= 0.6 is 0 Å². The first-order chi connectivity index (χ1) is 11.6. The summed E-state index contributed by atoms with van der Waals surface area (Å²) in [6.45, 7) is 7.90. The summed E-state index contributed by atoms with van der Waals surface area (Å²) in [5.74, 6) is -0.730. The summed E-state index contributed by atoms with van der Waals surface area (Å²) >= 11 is 0. The van der Waals surface area contributed by atoms with Crippen molar-refractivity contribution in [3.8, 4) is 0 Å². The van der Waals surface area contributed by atoms with E-state index in [0.29, 0.717) is 31.3 Å². The lowest BCUT2D eigenvalue weighted by molar-refractivity contribution is -0.294. The second-order valence-corrected chi connectivity index (χ2v) is 9.61. The predicted octanol–water partition coefficient (Wildman–Crippen LogP) is 1.76. The fourth-order valence-corrected chi connectivity index (χ4v) is 7.72. The third-order valence-corrected chi connectivity index (χ3v) is 8.91. The van der Waals surface area contributed by atoms with Crippen LogP contribution in [-0.4, -0.2) is 39.8 Å². The number of esters is 1. The molecule has 8 atom stereocenters. The SMILES string of the molecule is C=C1C(=O)C23CC1CCC2(O)[C@]1(C)CCCC2(C)C(=O)OC(C21)[C@@H]3O. The molecule has 1 saturated heterocycles. The topological polar surface area (TPSA) is 83.8 Å². The molecule has 5 fully saturated rings. The number of allylic oxidation sites excluding steroid dienone is 1. The molecule has 5 nitrogen and oxygen atoms in total. The highest BCUT2D eigenvalue weighted by Crippen LogP contribution is 2.74. The van der Waals surface area contributed by atoms with E-state index in [1.165, 1.54) is 0 Å². The van der Waals surface area contributed by atoms with Gasteiger partial charge < -0.3 is 14.9 Å². The van der Waals surface area contributed by atoms with Gasteiger partial charge in [0.05, 0.1) is 16.4 Å². The Kier molecular flexibility index (Phi) is 2.69. The second-order valence-electron chi connectivity index (χ2n) is 9.61. The Hall–Kier alpha value is -1.20. The number of carbonyl (C=O) groups is 2. The summed E-state index contributed by atoms with van der Waals surface area (Å²) < 4.78 is 5.70. The number of rotatable bonds is 0. The van der Waals surface area contributed by atoms with Crippen LogP contribution in [0, 0.1) is 28.1 Å². The van der Waals surface area contributed by atoms with Crippen LogP contribution in [0.1, 0.15) is 52.4 Å². The number of fused-ring (bicyclic) bond motifs is 2. The van der Waals surface area contributed by atoms with Crippen LogP contribution in [-0.2, 0) is 14.3 Å². The van der Waals surface area contributed by atoms with Crippen molar-refractivity contribution in [1.29, 1.82) is 0 Å². The molecule has 0 amide bonds. The van der Waals surface area contributed by atoms with Crippen molar-refractivity contribution >= 4 is 11.8 Å². The average Bonchev–Trinajstić information content (AvgIpc) is 2.96. The fourth-order valence-electron chi connectivity index (χ4n) is 7.72. The van der Waals surface area contributed by atoms with Gasteiger partial charge in [-0.3, -0.25) is 9.59 Å². The summed E-state index contributed by atoms with van der Waals surface area (Å²) in [4.78, 5) is 26.0. The molecule has 1 heterocycles. The monoisotopic (exact) mass is 346 g/mol. The van der Waals surface area contributed by atoms with Gasteiger partial charge in [0.1, 0.15) is 12.2 Å². The van der Waals surface area contributed by atoms with Gasteiger partial charge in [-0.25, -0.2) is 0 Å². The van der Waals surface area contributed by atoms with Gasteiger partial charge in [0.2, 0.25) is 0 Å². The summed E-state index contributed by atoms with van der Waals surface area (Å²) in [7, 11) is 0. The molecule has 6 unspecified atom stereocenters. The van der Waals surface area contributed by atoms with Gasteiger partial charge in [-0.1, -0.05) is 19.9 Å². The van der Waals surface area contributed by atoms with E-state index in [0.717, 1.165) is 12.8 Å². The van der Waals surface area contributed by atoms with E-state index in [-0.39, 0.29) is 23.6 Å². The van der Waals surface area contributed by atoms with E-state index in [9.17, 15) is 19.8 Å². The Balaban J connectivity index is 1.79. The first kappa shape index (κ1) is 16.0. The minimum absolute atomic E-state index is 0.0228. The maximum absolute atomic E-state index is 13.3. The number of aliphatic hydroxyl groups is 2. The largest absolute Gasteiger partial charge is 0.459 e. The van der Waals surface area contributed by atoms with Crippen molar-refractivity contribution in [2.24, 2.45) is 28.1 Å². The molecule has 5 heteroatoms. The number of aliphatic hydroxyl groups excluding tert-OH is 1. The van der Waals surface area contributed by atoms with Crippen LogP contribution in [0.15, 0.2) is 12.2 Å². The van der Waals surface area contributed by atoms with E-state index in [1.54, 1.807) is 0 Å². The van der Waals surface area contributed by atoms with Crippen LogP contribution in [0.2, 0.25) is 0 Å². The number of hydrogen-bond acceptors (Lipinski definition) is 5. The van der Waals surface area contributed by atoms with E-state index < -0.39 is 34.1 Å². The predicted molar refractivity (Wildman–Crippen MR) is 88.3 cm³/mol. The number of ether oxygens (including phenoxy) is 1. The Bertz CT molecular complexity index is 730. The first-order valence-electron chi connectivity index (χ1n) is 9.49. The van der Waals surface area contributed by atoms with Gasteiger partial charge in [0.25, 0.3) is 0 Å². The van der Waals surface area contributed by atoms with E-state index >= 15 is 0 Å². The van der Waals surface area contributed by atoms with Crippen molar-refractivity contribution in [2.45, 2.75) is 70.2 Å². The van der Waals surface area contributed by atoms with Gasteiger partial charge in [-0.15, -0.1) is 0 Å². The number of hydrogen-bond donors (Lipinski definition) is 2. The summed E-state index contributed by atoms with van der Waals surface area (Å²) in [5, 5.41) is 23.4. The van der Waals surface area contributed by atoms with Gasteiger partial charge in [-0.05, 0) is 50.5 Å². The zero-order chi connectivity index (χ0) is 18.0. The van der Waals surface area contributed by atoms with Crippen LogP contribution < -0.4 is 0 Å². The molecule has 2 bridgehead atoms. The maximum atomic E-state index is 13.3. The number of Topliss-reactive ketones (excluding diaryl/α,β-unsaturated/α-hetero) is 1. The van der Waals surface area contributed by atoms with Crippen LogP contribution in [0.4, 0.5) is 0 Å². The van der Waals surface area contributed by atoms with E-state index in [4.69, 9.17) is 4.74 Å². The zero-order valence-electron chi connectivity index (χ0n) is 14.9. The van der Waals surface area contributed by atoms with E-state index in [1.807, 2.05) is 13.8 Å². The highest BCUT2D eigenvalue weighted by molar-refractivity contribution is 6.04. The molecule has 4 saturated carbocycles. The third kappa shape index (κ3) is 1.34. The lowest BCUT2D eigenvalue weighted by Crippen LogP contribution is -2.76. The third-order valence-electron chi connectivity index (χ3n) is 8.91. The Morgan fingerprint density at radius 1 is 1.20 bits per heavy atom. The molecule has 1 aliphatic heterocycles. The molecule has 2 N–H and O–H groups in total. The van der Waals surface area contributed by atoms with Gasteiger partial charge in [-0.2, -0.15) is 0 Å². The molecule has 0 aromatic rings. The molecule has 0 aromatic heterocycles.